The van der Waals surface area contributed by atoms with Gasteiger partial charge in [0.25, 0.3) is 5.91 Å². The van der Waals surface area contributed by atoms with Gasteiger partial charge in [0, 0.05) is 24.7 Å². The van der Waals surface area contributed by atoms with Crippen LogP contribution in [-0.2, 0) is 17.5 Å². The first kappa shape index (κ1) is 18.0. The Hall–Kier alpha value is -2.08. The third kappa shape index (κ3) is 4.73. The number of nitrogens with zero attached hydrogens (tertiary/aromatic N) is 1. The van der Waals surface area contributed by atoms with Crippen LogP contribution >= 0.6 is 12.4 Å². The summed E-state index contributed by atoms with van der Waals surface area (Å²) in [5, 5.41) is 2.47. The average Bonchev–Trinajstić information content (AvgIpc) is 2.41. The topological polar surface area (TPSA) is 33.0 Å². The maximum atomic E-state index is 12.6. The van der Waals surface area contributed by atoms with Crippen LogP contribution in [0.15, 0.2) is 48.7 Å². The number of halogens is 4. The first-order valence-electron chi connectivity index (χ1n) is 6.28. The zero-order chi connectivity index (χ0) is 15.5. The number of aryl methyl sites for hydroxylation is 1. The Labute approximate surface area is 132 Å². The van der Waals surface area contributed by atoms with Crippen molar-refractivity contribution in [2.24, 2.45) is 0 Å². The van der Waals surface area contributed by atoms with Crippen molar-refractivity contribution in [1.29, 1.82) is 0 Å². The van der Waals surface area contributed by atoms with Gasteiger partial charge in [0.2, 0.25) is 6.54 Å². The molecule has 0 aliphatic rings. The Bertz CT molecular complexity index is 659. The number of pyridine rings is 1. The number of nitrogens with one attached hydrogen (secondary N) is 1. The largest absolute Gasteiger partial charge is 0.416 e. The smallest absolute Gasteiger partial charge is 0.321 e. The van der Waals surface area contributed by atoms with Crippen LogP contribution in [0.1, 0.15) is 11.3 Å². The van der Waals surface area contributed by atoms with Gasteiger partial charge in [0.05, 0.1) is 5.56 Å². The van der Waals surface area contributed by atoms with Gasteiger partial charge in [-0.2, -0.15) is 17.7 Å². The minimum Gasteiger partial charge on any atom is -0.321 e. The maximum absolute atomic E-state index is 12.6. The molecule has 22 heavy (non-hydrogen) atoms. The minimum absolute atomic E-state index is 0. The van der Waals surface area contributed by atoms with Gasteiger partial charge in [-0.1, -0.05) is 12.1 Å². The first-order chi connectivity index (χ1) is 9.86. The van der Waals surface area contributed by atoms with Crippen molar-refractivity contribution in [1.82, 2.24) is 0 Å². The van der Waals surface area contributed by atoms with Crippen LogP contribution < -0.4 is 9.88 Å². The summed E-state index contributed by atoms with van der Waals surface area (Å²) in [7, 11) is 0. The van der Waals surface area contributed by atoms with Crippen molar-refractivity contribution < 1.29 is 22.5 Å². The molecule has 2 rings (SSSR count). The molecule has 1 amide bonds. The highest BCUT2D eigenvalue weighted by Crippen LogP contribution is 2.30. The number of alkyl halides is 3. The van der Waals surface area contributed by atoms with E-state index in [0.29, 0.717) is 0 Å². The monoisotopic (exact) mass is 331 g/mol. The van der Waals surface area contributed by atoms with Gasteiger partial charge in [-0.25, -0.2) is 0 Å². The molecule has 0 saturated heterocycles. The predicted molar refractivity (Wildman–Crippen MR) is 78.7 cm³/mol. The molecule has 0 aliphatic carbocycles. The second-order valence-electron chi connectivity index (χ2n) is 4.60. The van der Waals surface area contributed by atoms with E-state index in [0.717, 1.165) is 17.8 Å². The minimum atomic E-state index is -4.43. The van der Waals surface area contributed by atoms with Gasteiger partial charge >= 0.3 is 6.18 Å². The standard InChI is InChI=1S/C15H13F3N2O.ClH/c1-11-5-2-3-8-20(11)10-14(21)19-13-7-4-6-12(9-13)15(16,17)18;/h2-9H,10H2,1H3;1H/p+1. The van der Waals surface area contributed by atoms with Crippen LogP contribution in [0.2, 0.25) is 0 Å². The molecular formula is C15H15ClF3N2O+. The number of carbonyl (C=O) groups excluding carboxylic acids is 1. The van der Waals surface area contributed by atoms with Crippen LogP contribution in [0.25, 0.3) is 0 Å². The Morgan fingerprint density at radius 1 is 1.18 bits per heavy atom. The number of rotatable bonds is 3. The molecule has 7 heteroatoms. The summed E-state index contributed by atoms with van der Waals surface area (Å²) in [6.45, 7) is 1.89. The second-order valence-corrected chi connectivity index (χ2v) is 4.60. The summed E-state index contributed by atoms with van der Waals surface area (Å²) in [6, 6.07) is 10.0. The number of benzene rings is 1. The van der Waals surface area contributed by atoms with Crippen molar-refractivity contribution in [3.05, 3.63) is 59.9 Å². The lowest BCUT2D eigenvalue weighted by Gasteiger charge is -2.09. The molecule has 0 saturated carbocycles. The van der Waals surface area contributed by atoms with Gasteiger partial charge in [0.15, 0.2) is 11.9 Å². The van der Waals surface area contributed by atoms with Crippen molar-refractivity contribution >= 4 is 24.0 Å². The summed E-state index contributed by atoms with van der Waals surface area (Å²) in [5.41, 5.74) is 0.226. The SMILES string of the molecule is Cc1cccc[n+]1CC(=O)Nc1cccc(C(F)(F)F)c1.Cl. The van der Waals surface area contributed by atoms with Crippen LogP contribution in [0.5, 0.6) is 0 Å². The Balaban J connectivity index is 0.00000242. The number of amides is 1. The summed E-state index contributed by atoms with van der Waals surface area (Å²) in [5.74, 6) is -0.381. The van der Waals surface area contributed by atoms with Crippen LogP contribution in [-0.4, -0.2) is 5.91 Å². The van der Waals surface area contributed by atoms with Crippen LogP contribution in [0.3, 0.4) is 0 Å². The fraction of sp³-hybridized carbons (Fsp3) is 0.200. The molecule has 0 spiro atoms. The van der Waals surface area contributed by atoms with Crippen molar-refractivity contribution in [2.75, 3.05) is 5.32 Å². The number of aromatic nitrogens is 1. The quantitative estimate of drug-likeness (QED) is 0.860. The van der Waals surface area contributed by atoms with E-state index in [9.17, 15) is 18.0 Å². The molecule has 2 aromatic rings. The lowest BCUT2D eigenvalue weighted by Crippen LogP contribution is -2.42. The summed E-state index contributed by atoms with van der Waals surface area (Å²) >= 11 is 0. The summed E-state index contributed by atoms with van der Waals surface area (Å²) < 4.78 is 39.5. The summed E-state index contributed by atoms with van der Waals surface area (Å²) in [4.78, 5) is 11.9. The molecule has 1 aromatic heterocycles. The molecule has 1 heterocycles. The molecule has 0 aliphatic heterocycles. The molecule has 0 bridgehead atoms. The van der Waals surface area contributed by atoms with E-state index in [1.807, 2.05) is 19.1 Å². The van der Waals surface area contributed by atoms with E-state index in [4.69, 9.17) is 0 Å². The molecule has 1 aromatic carbocycles. The fourth-order valence-corrected chi connectivity index (χ4v) is 1.87. The van der Waals surface area contributed by atoms with Gasteiger partial charge in [-0.05, 0) is 18.2 Å². The van der Waals surface area contributed by atoms with E-state index in [1.54, 1.807) is 16.8 Å². The highest BCUT2D eigenvalue weighted by Gasteiger charge is 2.30. The normalized spacial score (nSPS) is 10.7. The predicted octanol–water partition coefficient (Wildman–Crippen LogP) is 3.36. The number of hydrogen-bond donors (Lipinski definition) is 1. The Kier molecular flexibility index (Phi) is 5.93. The lowest BCUT2D eigenvalue weighted by molar-refractivity contribution is -0.690. The fourth-order valence-electron chi connectivity index (χ4n) is 1.87. The van der Waals surface area contributed by atoms with E-state index in [2.05, 4.69) is 5.32 Å². The summed E-state index contributed by atoms with van der Waals surface area (Å²) in [6.07, 6.45) is -2.69. The molecule has 118 valence electrons. The van der Waals surface area contributed by atoms with E-state index < -0.39 is 11.7 Å². The van der Waals surface area contributed by atoms with Gasteiger partial charge in [-0.3, -0.25) is 4.79 Å². The number of hydrogen-bond acceptors (Lipinski definition) is 1. The number of anilines is 1. The number of carbonyl (C=O) groups is 1. The molecule has 0 fully saturated rings. The lowest BCUT2D eigenvalue weighted by atomic mass is 10.2. The second kappa shape index (κ2) is 7.26. The molecule has 1 N–H and O–H groups in total. The van der Waals surface area contributed by atoms with Crippen LogP contribution in [0, 0.1) is 6.92 Å². The first-order valence-corrected chi connectivity index (χ1v) is 6.28. The van der Waals surface area contributed by atoms with Gasteiger partial charge < -0.3 is 5.32 Å². The van der Waals surface area contributed by atoms with E-state index in [-0.39, 0.29) is 30.5 Å². The third-order valence-electron chi connectivity index (χ3n) is 2.96. The van der Waals surface area contributed by atoms with Crippen molar-refractivity contribution in [3.63, 3.8) is 0 Å². The maximum Gasteiger partial charge on any atom is 0.416 e. The van der Waals surface area contributed by atoms with Gasteiger partial charge in [0.1, 0.15) is 0 Å². The molecule has 3 nitrogen and oxygen atoms in total. The van der Waals surface area contributed by atoms with Crippen LogP contribution in [0.4, 0.5) is 18.9 Å². The molecular weight excluding hydrogens is 317 g/mol. The molecule has 0 atom stereocenters. The van der Waals surface area contributed by atoms with E-state index >= 15 is 0 Å². The highest BCUT2D eigenvalue weighted by atomic mass is 35.5. The Morgan fingerprint density at radius 2 is 1.91 bits per heavy atom. The van der Waals surface area contributed by atoms with Crippen molar-refractivity contribution in [3.8, 4) is 0 Å². The highest BCUT2D eigenvalue weighted by molar-refractivity contribution is 5.89. The third-order valence-corrected chi connectivity index (χ3v) is 2.96. The van der Waals surface area contributed by atoms with Crippen molar-refractivity contribution in [2.45, 2.75) is 19.6 Å². The zero-order valence-corrected chi connectivity index (χ0v) is 12.5. The molecule has 0 unspecified atom stereocenters. The van der Waals surface area contributed by atoms with Gasteiger partial charge in [-0.15, -0.1) is 12.4 Å². The molecule has 0 radical (unpaired) electrons. The Morgan fingerprint density at radius 3 is 2.55 bits per heavy atom. The zero-order valence-electron chi connectivity index (χ0n) is 11.7. The van der Waals surface area contributed by atoms with E-state index in [1.165, 1.54) is 12.1 Å². The average molecular weight is 332 g/mol.